The quantitative estimate of drug-likeness (QED) is 0.669. The number of hydrogen-bond donors (Lipinski definition) is 0. The van der Waals surface area contributed by atoms with E-state index in [-0.39, 0.29) is 5.41 Å². The Labute approximate surface area is 122 Å². The van der Waals surface area contributed by atoms with Gasteiger partial charge in [-0.05, 0) is 68.1 Å². The van der Waals surface area contributed by atoms with Crippen molar-refractivity contribution < 1.29 is 9.53 Å². The van der Waals surface area contributed by atoms with E-state index in [1.54, 1.807) is 0 Å². The van der Waals surface area contributed by atoms with Gasteiger partial charge >= 0.3 is 0 Å². The molecular weight excluding hydrogens is 248 g/mol. The predicted octanol–water partition coefficient (Wildman–Crippen LogP) is 3.98. The number of carbonyl (C=O) groups is 1. The Kier molecular flexibility index (Phi) is 2.87. The van der Waals surface area contributed by atoms with E-state index in [9.17, 15) is 4.79 Å². The fraction of sp³-hybridized carbons (Fsp3) is 0.944. The molecule has 1 heterocycles. The van der Waals surface area contributed by atoms with Crippen molar-refractivity contribution in [1.82, 2.24) is 0 Å². The highest BCUT2D eigenvalue weighted by Gasteiger charge is 2.60. The van der Waals surface area contributed by atoms with Crippen LogP contribution in [0.3, 0.4) is 0 Å². The third-order valence-electron chi connectivity index (χ3n) is 7.67. The second kappa shape index (κ2) is 4.32. The van der Waals surface area contributed by atoms with E-state index in [2.05, 4.69) is 13.8 Å². The molecule has 6 atom stereocenters. The summed E-state index contributed by atoms with van der Waals surface area (Å²) in [6.07, 6.45) is 10.0. The predicted molar refractivity (Wildman–Crippen MR) is 78.4 cm³/mol. The van der Waals surface area contributed by atoms with E-state index in [1.807, 2.05) is 0 Å². The summed E-state index contributed by atoms with van der Waals surface area (Å²) in [5.74, 6) is 2.84. The number of rotatable bonds is 0. The Morgan fingerprint density at radius 2 is 1.90 bits per heavy atom. The van der Waals surface area contributed by atoms with Crippen molar-refractivity contribution in [2.75, 3.05) is 6.61 Å². The maximum Gasteiger partial charge on any atom is 0.139 e. The van der Waals surface area contributed by atoms with Gasteiger partial charge in [0.25, 0.3) is 0 Å². The van der Waals surface area contributed by atoms with E-state index >= 15 is 0 Å². The highest BCUT2D eigenvalue weighted by Crippen LogP contribution is 2.63. The van der Waals surface area contributed by atoms with Crippen LogP contribution in [0.4, 0.5) is 0 Å². The van der Waals surface area contributed by atoms with Gasteiger partial charge in [-0.15, -0.1) is 0 Å². The van der Waals surface area contributed by atoms with E-state index in [0.717, 1.165) is 37.7 Å². The van der Waals surface area contributed by atoms with Crippen molar-refractivity contribution in [3.63, 3.8) is 0 Å². The Balaban J connectivity index is 1.66. The summed E-state index contributed by atoms with van der Waals surface area (Å²) < 4.78 is 6.12. The van der Waals surface area contributed by atoms with Gasteiger partial charge in [0.2, 0.25) is 0 Å². The zero-order chi connectivity index (χ0) is 14.0. The average molecular weight is 276 g/mol. The molecule has 0 aromatic rings. The van der Waals surface area contributed by atoms with Gasteiger partial charge < -0.3 is 4.74 Å². The third-order valence-corrected chi connectivity index (χ3v) is 7.67. The van der Waals surface area contributed by atoms with E-state index in [0.29, 0.717) is 23.2 Å². The van der Waals surface area contributed by atoms with Crippen LogP contribution < -0.4 is 0 Å². The lowest BCUT2D eigenvalue weighted by molar-refractivity contribution is -0.173. The normalized spacial score (nSPS) is 55.0. The summed E-state index contributed by atoms with van der Waals surface area (Å²) in [5.41, 5.74) is 0.425. The van der Waals surface area contributed by atoms with Gasteiger partial charge in [-0.3, -0.25) is 4.79 Å². The summed E-state index contributed by atoms with van der Waals surface area (Å²) in [6.45, 7) is 5.74. The van der Waals surface area contributed by atoms with Crippen LogP contribution in [0.2, 0.25) is 0 Å². The van der Waals surface area contributed by atoms with Crippen molar-refractivity contribution in [2.24, 2.45) is 28.6 Å². The lowest BCUT2D eigenvalue weighted by Gasteiger charge is -2.59. The fourth-order valence-electron chi connectivity index (χ4n) is 6.49. The van der Waals surface area contributed by atoms with Crippen molar-refractivity contribution >= 4 is 5.78 Å². The highest BCUT2D eigenvalue weighted by atomic mass is 16.5. The van der Waals surface area contributed by atoms with Gasteiger partial charge in [-0.25, -0.2) is 0 Å². The highest BCUT2D eigenvalue weighted by molar-refractivity contribution is 5.87. The Morgan fingerprint density at radius 1 is 1.05 bits per heavy atom. The van der Waals surface area contributed by atoms with Gasteiger partial charge in [0.15, 0.2) is 0 Å². The maximum absolute atomic E-state index is 12.3. The van der Waals surface area contributed by atoms with Crippen LogP contribution in [-0.2, 0) is 9.53 Å². The molecule has 0 unspecified atom stereocenters. The molecule has 4 rings (SSSR count). The molecule has 1 saturated heterocycles. The molecule has 2 heteroatoms. The molecule has 0 aromatic heterocycles. The molecular formula is C18H28O2. The average Bonchev–Trinajstić information content (AvgIpc) is 2.74. The topological polar surface area (TPSA) is 26.3 Å². The largest absolute Gasteiger partial charge is 0.378 e. The number of fused-ring (bicyclic) bond motifs is 5. The van der Waals surface area contributed by atoms with Crippen LogP contribution in [0.15, 0.2) is 0 Å². The first-order valence-electron chi connectivity index (χ1n) is 8.70. The first kappa shape index (κ1) is 13.3. The van der Waals surface area contributed by atoms with Crippen LogP contribution >= 0.6 is 0 Å². The molecule has 0 amide bonds. The molecule has 0 radical (unpaired) electrons. The van der Waals surface area contributed by atoms with Gasteiger partial charge in [-0.1, -0.05) is 13.8 Å². The molecule has 0 N–H and O–H groups in total. The van der Waals surface area contributed by atoms with Crippen LogP contribution in [0.1, 0.15) is 65.2 Å². The summed E-state index contributed by atoms with van der Waals surface area (Å²) in [4.78, 5) is 12.3. The number of hydrogen-bond acceptors (Lipinski definition) is 2. The van der Waals surface area contributed by atoms with Gasteiger partial charge in [0, 0.05) is 18.4 Å². The summed E-state index contributed by atoms with van der Waals surface area (Å²) in [6, 6.07) is 0. The molecule has 4 aliphatic rings. The maximum atomic E-state index is 12.3. The second-order valence-electron chi connectivity index (χ2n) is 8.34. The standard InChI is InChI=1S/C18H28O2/c1-17-10-8-14-12(13(17)5-6-15(17)19)4-7-16-18(14,2)9-3-11-20-16/h12-14,16H,3-11H2,1-2H3/t12-,13-,14-,16+,17-,18+/m0/s1. The van der Waals surface area contributed by atoms with Crippen molar-refractivity contribution in [3.05, 3.63) is 0 Å². The number of ketones is 1. The molecule has 3 saturated carbocycles. The molecule has 4 fully saturated rings. The summed E-state index contributed by atoms with van der Waals surface area (Å²) in [5, 5.41) is 0. The summed E-state index contributed by atoms with van der Waals surface area (Å²) in [7, 11) is 0. The van der Waals surface area contributed by atoms with Gasteiger partial charge in [0.1, 0.15) is 5.78 Å². The second-order valence-corrected chi connectivity index (χ2v) is 8.34. The Bertz CT molecular complexity index is 431. The Hall–Kier alpha value is -0.370. The first-order chi connectivity index (χ1) is 9.56. The Morgan fingerprint density at radius 3 is 2.75 bits per heavy atom. The smallest absolute Gasteiger partial charge is 0.139 e. The van der Waals surface area contributed by atoms with Crippen LogP contribution in [0, 0.1) is 28.6 Å². The minimum atomic E-state index is 0.0277. The first-order valence-corrected chi connectivity index (χ1v) is 8.70. The number of ether oxygens (including phenoxy) is 1. The van der Waals surface area contributed by atoms with Crippen molar-refractivity contribution in [1.29, 1.82) is 0 Å². The molecule has 1 aliphatic heterocycles. The van der Waals surface area contributed by atoms with Gasteiger partial charge in [-0.2, -0.15) is 0 Å². The molecule has 3 aliphatic carbocycles. The molecule has 112 valence electrons. The van der Waals surface area contributed by atoms with Crippen molar-refractivity contribution in [2.45, 2.75) is 71.3 Å². The van der Waals surface area contributed by atoms with Crippen molar-refractivity contribution in [3.8, 4) is 0 Å². The van der Waals surface area contributed by atoms with Gasteiger partial charge in [0.05, 0.1) is 6.10 Å². The van der Waals surface area contributed by atoms with Crippen LogP contribution in [-0.4, -0.2) is 18.5 Å². The molecule has 0 bridgehead atoms. The molecule has 0 spiro atoms. The SMILES string of the molecule is C[C@]12CCCO[C@@H]1CC[C@@H]1[C@@H]2CC[C@]2(C)C(=O)CC[C@@H]12. The molecule has 20 heavy (non-hydrogen) atoms. The van der Waals surface area contributed by atoms with Crippen LogP contribution in [0.25, 0.3) is 0 Å². The minimum Gasteiger partial charge on any atom is -0.378 e. The lowest BCUT2D eigenvalue weighted by atomic mass is 9.48. The zero-order valence-corrected chi connectivity index (χ0v) is 13.0. The van der Waals surface area contributed by atoms with Crippen LogP contribution in [0.5, 0.6) is 0 Å². The van der Waals surface area contributed by atoms with E-state index in [1.165, 1.54) is 32.1 Å². The minimum absolute atomic E-state index is 0.0277. The third kappa shape index (κ3) is 1.58. The monoisotopic (exact) mass is 276 g/mol. The molecule has 2 nitrogen and oxygen atoms in total. The van der Waals surface area contributed by atoms with E-state index < -0.39 is 0 Å². The number of carbonyl (C=O) groups excluding carboxylic acids is 1. The van der Waals surface area contributed by atoms with E-state index in [4.69, 9.17) is 4.74 Å². The zero-order valence-electron chi connectivity index (χ0n) is 13.0. The number of Topliss-reactive ketones (excluding diaryl/α,β-unsaturated/α-hetero) is 1. The fourth-order valence-corrected chi connectivity index (χ4v) is 6.49. The summed E-state index contributed by atoms with van der Waals surface area (Å²) >= 11 is 0. The molecule has 0 aromatic carbocycles. The lowest BCUT2D eigenvalue weighted by Crippen LogP contribution is -2.55.